The first-order chi connectivity index (χ1) is 7.70. The molecule has 16 heavy (non-hydrogen) atoms. The molecule has 0 amide bonds. The van der Waals surface area contributed by atoms with Gasteiger partial charge in [0.1, 0.15) is 5.78 Å². The fourth-order valence-electron chi connectivity index (χ4n) is 1.94. The number of hydrogen-bond acceptors (Lipinski definition) is 3. The van der Waals surface area contributed by atoms with Gasteiger partial charge >= 0.3 is 0 Å². The number of benzene rings is 1. The highest BCUT2D eigenvalue weighted by molar-refractivity contribution is 5.81. The quantitative estimate of drug-likeness (QED) is 0.801. The molecular formula is C12H17N2O2+. The van der Waals surface area contributed by atoms with Crippen LogP contribution in [0.5, 0.6) is 5.75 Å². The van der Waals surface area contributed by atoms with E-state index in [9.17, 15) is 4.79 Å². The van der Waals surface area contributed by atoms with Gasteiger partial charge in [-0.05, 0) is 6.07 Å². The normalized spacial score (nSPS) is 16.4. The Morgan fingerprint density at radius 3 is 2.62 bits per heavy atom. The first kappa shape index (κ1) is 11.0. The molecule has 0 spiro atoms. The molecule has 86 valence electrons. The van der Waals surface area contributed by atoms with E-state index in [1.807, 2.05) is 18.2 Å². The predicted octanol–water partition coefficient (Wildman–Crippen LogP) is 0.738. The van der Waals surface area contributed by atoms with Gasteiger partial charge in [-0.25, -0.2) is 0 Å². The summed E-state index contributed by atoms with van der Waals surface area (Å²) in [4.78, 5) is 13.4. The summed E-state index contributed by atoms with van der Waals surface area (Å²) in [5.74, 6) is 1.16. The lowest BCUT2D eigenvalue weighted by Crippen LogP contribution is -2.40. The van der Waals surface area contributed by atoms with Crippen molar-refractivity contribution in [3.05, 3.63) is 18.2 Å². The average Bonchev–Trinajstić information content (AvgIpc) is 2.31. The van der Waals surface area contributed by atoms with E-state index in [1.54, 1.807) is 7.11 Å². The fraction of sp³-hybridized carbons (Fsp3) is 0.417. The van der Waals surface area contributed by atoms with Crippen molar-refractivity contribution in [3.8, 4) is 5.75 Å². The van der Waals surface area contributed by atoms with Crippen LogP contribution in [-0.2, 0) is 4.79 Å². The number of hydrogen-bond donors (Lipinski definition) is 1. The van der Waals surface area contributed by atoms with Crippen molar-refractivity contribution < 1.29 is 15.3 Å². The lowest BCUT2D eigenvalue weighted by molar-refractivity contribution is -0.256. The summed E-state index contributed by atoms with van der Waals surface area (Å²) in [6, 6.07) is 5.96. The number of piperidine rings is 1. The zero-order chi connectivity index (χ0) is 11.5. The van der Waals surface area contributed by atoms with Gasteiger partial charge in [-0.15, -0.1) is 0 Å². The molecule has 0 aromatic heterocycles. The molecule has 0 aliphatic carbocycles. The Labute approximate surface area is 95.0 Å². The molecule has 0 saturated carbocycles. The largest absolute Gasteiger partial charge is 0.491 e. The van der Waals surface area contributed by atoms with Crippen LogP contribution >= 0.6 is 0 Å². The second-order valence-electron chi connectivity index (χ2n) is 4.02. The topological polar surface area (TPSA) is 57.2 Å². The molecular weight excluding hydrogens is 204 g/mol. The third-order valence-corrected chi connectivity index (χ3v) is 2.96. The van der Waals surface area contributed by atoms with Crippen molar-refractivity contribution in [3.63, 3.8) is 0 Å². The van der Waals surface area contributed by atoms with E-state index in [2.05, 4.69) is 10.6 Å². The summed E-state index contributed by atoms with van der Waals surface area (Å²) < 4.78 is 5.24. The molecule has 0 radical (unpaired) electrons. The van der Waals surface area contributed by atoms with Crippen LogP contribution in [0.4, 0.5) is 11.4 Å². The Morgan fingerprint density at radius 2 is 2.00 bits per heavy atom. The van der Waals surface area contributed by atoms with Crippen LogP contribution in [0.15, 0.2) is 18.2 Å². The third kappa shape index (κ3) is 2.17. The number of carbonyl (C=O) groups excluding carboxylic acids is 1. The summed E-state index contributed by atoms with van der Waals surface area (Å²) in [5.41, 5.74) is 5.89. The maximum absolute atomic E-state index is 11.2. The predicted molar refractivity (Wildman–Crippen MR) is 62.0 cm³/mol. The number of Topliss-reactive ketones (excluding diaryl/α,β-unsaturated/α-hetero) is 1. The highest BCUT2D eigenvalue weighted by Crippen LogP contribution is 2.27. The van der Waals surface area contributed by atoms with Crippen LogP contribution in [0.25, 0.3) is 0 Å². The van der Waals surface area contributed by atoms with Gasteiger partial charge in [0, 0.05) is 43.8 Å². The molecule has 1 heterocycles. The van der Waals surface area contributed by atoms with Crippen LogP contribution in [-0.4, -0.2) is 26.0 Å². The molecule has 0 atom stereocenters. The summed E-state index contributed by atoms with van der Waals surface area (Å²) in [6.45, 7) is 1.61. The van der Waals surface area contributed by atoms with Gasteiger partial charge < -0.3 is 15.4 Å². The zero-order valence-electron chi connectivity index (χ0n) is 9.53. The smallest absolute Gasteiger partial charge is 0.181 e. The van der Waals surface area contributed by atoms with Gasteiger partial charge in [0.25, 0.3) is 0 Å². The van der Waals surface area contributed by atoms with E-state index in [4.69, 9.17) is 4.74 Å². The van der Waals surface area contributed by atoms with Crippen LogP contribution in [0.2, 0.25) is 0 Å². The Hall–Kier alpha value is -1.55. The van der Waals surface area contributed by atoms with Gasteiger partial charge in [0.05, 0.1) is 7.11 Å². The van der Waals surface area contributed by atoms with Crippen LogP contribution in [0.1, 0.15) is 12.8 Å². The van der Waals surface area contributed by atoms with Crippen molar-refractivity contribution in [1.29, 1.82) is 0 Å². The molecule has 4 heteroatoms. The number of nitrogens with zero attached hydrogens (tertiary/aromatic N) is 1. The van der Waals surface area contributed by atoms with Crippen LogP contribution in [0, 0.1) is 0 Å². The van der Waals surface area contributed by atoms with Crippen LogP contribution in [0.3, 0.4) is 0 Å². The summed E-state index contributed by atoms with van der Waals surface area (Å²) in [6.07, 6.45) is 1.29. The Morgan fingerprint density at radius 1 is 1.31 bits per heavy atom. The van der Waals surface area contributed by atoms with Gasteiger partial charge in [-0.1, -0.05) is 0 Å². The second-order valence-corrected chi connectivity index (χ2v) is 4.02. The molecule has 0 bridgehead atoms. The van der Waals surface area contributed by atoms with Crippen molar-refractivity contribution in [2.45, 2.75) is 12.8 Å². The van der Waals surface area contributed by atoms with Gasteiger partial charge in [0.15, 0.2) is 11.4 Å². The first-order valence-electron chi connectivity index (χ1n) is 5.47. The van der Waals surface area contributed by atoms with E-state index in [0.717, 1.165) is 30.2 Å². The highest BCUT2D eigenvalue weighted by Gasteiger charge is 2.17. The summed E-state index contributed by atoms with van der Waals surface area (Å²) >= 11 is 0. The molecule has 1 aromatic carbocycles. The lowest BCUT2D eigenvalue weighted by Gasteiger charge is -2.28. The zero-order valence-corrected chi connectivity index (χ0v) is 9.53. The minimum atomic E-state index is 0.358. The minimum absolute atomic E-state index is 0.358. The Balaban J connectivity index is 2.17. The van der Waals surface area contributed by atoms with E-state index in [1.165, 1.54) is 0 Å². The fourth-order valence-corrected chi connectivity index (χ4v) is 1.94. The summed E-state index contributed by atoms with van der Waals surface area (Å²) in [5, 5.41) is 0. The van der Waals surface area contributed by atoms with Crippen molar-refractivity contribution in [2.24, 2.45) is 0 Å². The number of carbonyl (C=O) groups is 1. The van der Waals surface area contributed by atoms with Crippen molar-refractivity contribution in [1.82, 2.24) is 0 Å². The van der Waals surface area contributed by atoms with E-state index in [0.29, 0.717) is 18.6 Å². The Bertz CT molecular complexity index is 394. The summed E-state index contributed by atoms with van der Waals surface area (Å²) in [7, 11) is 1.65. The molecule has 1 fully saturated rings. The van der Waals surface area contributed by atoms with E-state index >= 15 is 0 Å². The number of quaternary nitrogens is 1. The first-order valence-corrected chi connectivity index (χ1v) is 5.47. The van der Waals surface area contributed by atoms with Gasteiger partial charge in [-0.2, -0.15) is 0 Å². The van der Waals surface area contributed by atoms with Crippen molar-refractivity contribution in [2.75, 3.05) is 25.1 Å². The van der Waals surface area contributed by atoms with E-state index < -0.39 is 0 Å². The third-order valence-electron chi connectivity index (χ3n) is 2.96. The van der Waals surface area contributed by atoms with Gasteiger partial charge in [0.2, 0.25) is 0 Å². The molecule has 1 aromatic rings. The molecule has 0 unspecified atom stereocenters. The standard InChI is InChI=1S/C12H16N2O2/c1-16-12-8-9(2-3-11(12)13)14-6-4-10(15)5-7-14/h2-3,8H,4-7,13H2,1H3/p+1. The molecule has 3 N–H and O–H groups in total. The number of ketones is 1. The molecule has 4 nitrogen and oxygen atoms in total. The second kappa shape index (κ2) is 4.53. The molecule has 1 saturated heterocycles. The molecule has 2 rings (SSSR count). The lowest BCUT2D eigenvalue weighted by atomic mass is 10.1. The molecule has 1 aliphatic heterocycles. The minimum Gasteiger partial charge on any atom is -0.491 e. The highest BCUT2D eigenvalue weighted by atomic mass is 16.5. The number of anilines is 1. The monoisotopic (exact) mass is 221 g/mol. The SMILES string of the molecule is COc1cc(N2CCC(=O)CC2)ccc1[NH3+]. The van der Waals surface area contributed by atoms with Crippen LogP contribution < -0.4 is 15.4 Å². The van der Waals surface area contributed by atoms with Crippen molar-refractivity contribution >= 4 is 17.2 Å². The maximum Gasteiger partial charge on any atom is 0.181 e. The van der Waals surface area contributed by atoms with Gasteiger partial charge in [-0.3, -0.25) is 4.79 Å². The van der Waals surface area contributed by atoms with E-state index in [-0.39, 0.29) is 0 Å². The number of methoxy groups -OCH3 is 1. The molecule has 1 aliphatic rings. The number of rotatable bonds is 2. The number of ether oxygens (including phenoxy) is 1. The maximum atomic E-state index is 11.2. The Kier molecular flexibility index (Phi) is 3.10. The average molecular weight is 221 g/mol.